The van der Waals surface area contributed by atoms with Gasteiger partial charge >= 0.3 is 0 Å². The molecule has 9 aromatic carbocycles. The first kappa shape index (κ1) is 26.3. The van der Waals surface area contributed by atoms with Crippen molar-refractivity contribution in [2.45, 2.75) is 0 Å². The fraction of sp³-hybridized carbons (Fsp3) is 0. The molecule has 0 bridgehead atoms. The molecular formula is C48H27NO. The van der Waals surface area contributed by atoms with E-state index in [0.717, 1.165) is 21.9 Å². The molecule has 1 aliphatic rings. The molecule has 1 aliphatic carbocycles. The highest BCUT2D eigenvalue weighted by Crippen LogP contribution is 2.50. The molecule has 11 aromatic rings. The summed E-state index contributed by atoms with van der Waals surface area (Å²) in [5.74, 6) is 0. The zero-order valence-corrected chi connectivity index (χ0v) is 26.9. The average Bonchev–Trinajstić information content (AvgIpc) is 3.81. The number of hydrogen-bond donors (Lipinski definition) is 0. The van der Waals surface area contributed by atoms with Crippen LogP contribution in [0, 0.1) is 0 Å². The second-order valence-corrected chi connectivity index (χ2v) is 13.6. The second-order valence-electron chi connectivity index (χ2n) is 13.6. The van der Waals surface area contributed by atoms with Crippen molar-refractivity contribution >= 4 is 76.1 Å². The van der Waals surface area contributed by atoms with Gasteiger partial charge in [0.15, 0.2) is 0 Å². The van der Waals surface area contributed by atoms with Crippen molar-refractivity contribution in [3.63, 3.8) is 0 Å². The van der Waals surface area contributed by atoms with E-state index in [1.54, 1.807) is 0 Å². The summed E-state index contributed by atoms with van der Waals surface area (Å²) in [6, 6.07) is 60.2. The molecule has 2 nitrogen and oxygen atoms in total. The zero-order valence-electron chi connectivity index (χ0n) is 26.9. The van der Waals surface area contributed by atoms with E-state index in [-0.39, 0.29) is 0 Å². The molecule has 2 aromatic heterocycles. The van der Waals surface area contributed by atoms with Crippen LogP contribution in [-0.4, -0.2) is 4.57 Å². The lowest BCUT2D eigenvalue weighted by Gasteiger charge is -2.16. The van der Waals surface area contributed by atoms with E-state index in [2.05, 4.69) is 162 Å². The number of furan rings is 1. The van der Waals surface area contributed by atoms with E-state index in [1.807, 2.05) is 6.07 Å². The highest BCUT2D eigenvalue weighted by molar-refractivity contribution is 6.21. The zero-order chi connectivity index (χ0) is 32.5. The number of nitrogens with zero attached hydrogens (tertiary/aromatic N) is 1. The standard InChI is InChI=1S/C48H27NO/c1-2-12-32-31(11-1)38-16-9-17-39-34(20-21-40(32)48(38)39)33-22-23-44(35-13-4-3-10-30(33)35)49-43-18-7-5-14-36(43)41-24-29-27-47-42(25-28(29)26-45(41)49)37-15-6-8-19-46(37)50-47/h1-27H. The van der Waals surface area contributed by atoms with Gasteiger partial charge in [0.05, 0.1) is 16.7 Å². The number of aromatic nitrogens is 1. The lowest BCUT2D eigenvalue weighted by molar-refractivity contribution is 0.669. The van der Waals surface area contributed by atoms with Gasteiger partial charge in [-0.05, 0) is 103 Å². The largest absolute Gasteiger partial charge is 0.456 e. The second kappa shape index (κ2) is 9.49. The van der Waals surface area contributed by atoms with Crippen LogP contribution in [0.4, 0.5) is 0 Å². The lowest BCUT2D eigenvalue weighted by Crippen LogP contribution is -1.96. The molecule has 0 fully saturated rings. The highest BCUT2D eigenvalue weighted by Gasteiger charge is 2.23. The van der Waals surface area contributed by atoms with E-state index >= 15 is 0 Å². The normalized spacial score (nSPS) is 12.4. The number of para-hydroxylation sites is 2. The van der Waals surface area contributed by atoms with Gasteiger partial charge in [0.2, 0.25) is 0 Å². The van der Waals surface area contributed by atoms with Gasteiger partial charge in [-0.2, -0.15) is 0 Å². The summed E-state index contributed by atoms with van der Waals surface area (Å²) in [6.07, 6.45) is 0. The molecule has 0 atom stereocenters. The van der Waals surface area contributed by atoms with Gasteiger partial charge in [-0.15, -0.1) is 0 Å². The number of fused-ring (bicyclic) bond motifs is 11. The minimum atomic E-state index is 0.925. The summed E-state index contributed by atoms with van der Waals surface area (Å²) in [5.41, 5.74) is 13.3. The van der Waals surface area contributed by atoms with Crippen molar-refractivity contribution in [3.8, 4) is 39.1 Å². The van der Waals surface area contributed by atoms with Crippen LogP contribution in [0.15, 0.2) is 168 Å². The molecule has 0 saturated heterocycles. The van der Waals surface area contributed by atoms with Gasteiger partial charge in [-0.3, -0.25) is 0 Å². The fourth-order valence-corrected chi connectivity index (χ4v) is 8.95. The van der Waals surface area contributed by atoms with Crippen molar-refractivity contribution in [2.24, 2.45) is 0 Å². The first-order chi connectivity index (χ1) is 24.8. The number of benzene rings is 9. The maximum Gasteiger partial charge on any atom is 0.136 e. The van der Waals surface area contributed by atoms with Crippen LogP contribution in [0.3, 0.4) is 0 Å². The Morgan fingerprint density at radius 2 is 0.920 bits per heavy atom. The summed E-state index contributed by atoms with van der Waals surface area (Å²) in [6.45, 7) is 0. The van der Waals surface area contributed by atoms with E-state index in [0.29, 0.717) is 0 Å². The quantitative estimate of drug-likeness (QED) is 0.185. The van der Waals surface area contributed by atoms with Crippen molar-refractivity contribution in [3.05, 3.63) is 164 Å². The number of rotatable bonds is 2. The summed E-state index contributed by atoms with van der Waals surface area (Å²) >= 11 is 0. The summed E-state index contributed by atoms with van der Waals surface area (Å²) in [4.78, 5) is 0. The third kappa shape index (κ3) is 3.37. The third-order valence-corrected chi connectivity index (χ3v) is 11.1. The lowest BCUT2D eigenvalue weighted by atomic mass is 9.91. The Morgan fingerprint density at radius 3 is 1.80 bits per heavy atom. The van der Waals surface area contributed by atoms with Crippen molar-refractivity contribution in [2.75, 3.05) is 0 Å². The summed E-state index contributed by atoms with van der Waals surface area (Å²) in [7, 11) is 0. The minimum absolute atomic E-state index is 0.925. The molecule has 0 N–H and O–H groups in total. The molecule has 0 saturated carbocycles. The Balaban J connectivity index is 1.13. The molecule has 0 spiro atoms. The van der Waals surface area contributed by atoms with Crippen molar-refractivity contribution in [1.29, 1.82) is 0 Å². The van der Waals surface area contributed by atoms with Crippen LogP contribution in [0.25, 0.3) is 115 Å². The Labute approximate surface area is 287 Å². The Morgan fingerprint density at radius 1 is 0.320 bits per heavy atom. The van der Waals surface area contributed by atoms with E-state index < -0.39 is 0 Å². The molecule has 2 heteroatoms. The van der Waals surface area contributed by atoms with E-state index in [1.165, 1.54) is 93.2 Å². The SMILES string of the molecule is c1ccc2c(c1)-c1cccc3c(-c4ccc(-n5c6ccccc6c6cc7cc8oc9ccccc9c8cc7cc65)c5ccccc45)ccc-2c13. The maximum absolute atomic E-state index is 6.28. The Kier molecular flexibility index (Phi) is 5.00. The van der Waals surface area contributed by atoms with Gasteiger partial charge in [0.1, 0.15) is 11.2 Å². The van der Waals surface area contributed by atoms with Crippen LogP contribution < -0.4 is 0 Å². The maximum atomic E-state index is 6.28. The molecule has 50 heavy (non-hydrogen) atoms. The highest BCUT2D eigenvalue weighted by atomic mass is 16.3. The van der Waals surface area contributed by atoms with Crippen LogP contribution in [0.2, 0.25) is 0 Å². The molecule has 0 radical (unpaired) electrons. The van der Waals surface area contributed by atoms with Gasteiger partial charge in [0, 0.05) is 26.9 Å². The topological polar surface area (TPSA) is 18.1 Å². The van der Waals surface area contributed by atoms with Gasteiger partial charge in [-0.25, -0.2) is 0 Å². The first-order valence-electron chi connectivity index (χ1n) is 17.3. The molecular weight excluding hydrogens is 607 g/mol. The fourth-order valence-electron chi connectivity index (χ4n) is 8.95. The van der Waals surface area contributed by atoms with Crippen LogP contribution in [0.1, 0.15) is 0 Å². The molecule has 12 rings (SSSR count). The van der Waals surface area contributed by atoms with Crippen LogP contribution in [0.5, 0.6) is 0 Å². The van der Waals surface area contributed by atoms with Crippen molar-refractivity contribution in [1.82, 2.24) is 4.57 Å². The average molecular weight is 634 g/mol. The van der Waals surface area contributed by atoms with Crippen LogP contribution in [-0.2, 0) is 0 Å². The Bertz CT molecular complexity index is 3240. The third-order valence-electron chi connectivity index (χ3n) is 11.1. The van der Waals surface area contributed by atoms with E-state index in [4.69, 9.17) is 4.42 Å². The molecule has 2 heterocycles. The smallest absolute Gasteiger partial charge is 0.136 e. The van der Waals surface area contributed by atoms with Gasteiger partial charge < -0.3 is 8.98 Å². The Hall–Kier alpha value is -6.64. The predicted molar refractivity (Wildman–Crippen MR) is 210 cm³/mol. The van der Waals surface area contributed by atoms with Crippen LogP contribution >= 0.6 is 0 Å². The number of hydrogen-bond acceptors (Lipinski definition) is 1. The van der Waals surface area contributed by atoms with Gasteiger partial charge in [0.25, 0.3) is 0 Å². The molecule has 0 aliphatic heterocycles. The van der Waals surface area contributed by atoms with Gasteiger partial charge in [-0.1, -0.05) is 121 Å². The summed E-state index contributed by atoms with van der Waals surface area (Å²) in [5, 5.41) is 12.3. The van der Waals surface area contributed by atoms with E-state index in [9.17, 15) is 0 Å². The minimum Gasteiger partial charge on any atom is -0.456 e. The summed E-state index contributed by atoms with van der Waals surface area (Å²) < 4.78 is 8.76. The monoisotopic (exact) mass is 633 g/mol. The predicted octanol–water partition coefficient (Wildman–Crippen LogP) is 13.5. The first-order valence-corrected chi connectivity index (χ1v) is 17.3. The molecule has 0 unspecified atom stereocenters. The van der Waals surface area contributed by atoms with Crippen molar-refractivity contribution < 1.29 is 4.42 Å². The molecule has 0 amide bonds. The molecule has 230 valence electrons.